The van der Waals surface area contributed by atoms with Gasteiger partial charge in [-0.05, 0) is 63.4 Å². The lowest BCUT2D eigenvalue weighted by Gasteiger charge is -2.19. The predicted octanol–water partition coefficient (Wildman–Crippen LogP) is 3.30. The second-order valence-corrected chi connectivity index (χ2v) is 7.25. The minimum Gasteiger partial charge on any atom is -0.352 e. The highest BCUT2D eigenvalue weighted by Gasteiger charge is 2.27. The molecule has 3 rings (SSSR count). The number of nitrogens with zero attached hydrogens (tertiary/aromatic N) is 3. The summed E-state index contributed by atoms with van der Waals surface area (Å²) in [6.45, 7) is 9.82. The Kier molecular flexibility index (Phi) is 6.09. The molecule has 0 atom stereocenters. The van der Waals surface area contributed by atoms with E-state index in [-0.39, 0.29) is 5.91 Å². The Morgan fingerprint density at radius 2 is 2.00 bits per heavy atom. The van der Waals surface area contributed by atoms with Gasteiger partial charge in [0.1, 0.15) is 0 Å². The van der Waals surface area contributed by atoms with Crippen molar-refractivity contribution in [3.8, 4) is 0 Å². The summed E-state index contributed by atoms with van der Waals surface area (Å²) in [6, 6.07) is 10.9. The number of carbonyl (C=O) groups is 1. The molecule has 1 aromatic carbocycles. The van der Waals surface area contributed by atoms with Gasteiger partial charge in [-0.3, -0.25) is 14.4 Å². The number of rotatable bonds is 9. The van der Waals surface area contributed by atoms with Crippen LogP contribution in [0.1, 0.15) is 53.5 Å². The van der Waals surface area contributed by atoms with E-state index in [9.17, 15) is 4.79 Å². The van der Waals surface area contributed by atoms with Gasteiger partial charge in [0, 0.05) is 36.9 Å². The smallest absolute Gasteiger partial charge is 0.251 e. The molecule has 0 bridgehead atoms. The average Bonchev–Trinajstić information content (AvgIpc) is 3.42. The van der Waals surface area contributed by atoms with Crippen molar-refractivity contribution in [2.75, 3.05) is 13.1 Å². The second kappa shape index (κ2) is 8.49. The largest absolute Gasteiger partial charge is 0.352 e. The Bertz CT molecular complexity index is 731. The second-order valence-electron chi connectivity index (χ2n) is 7.25. The van der Waals surface area contributed by atoms with Gasteiger partial charge in [0.05, 0.1) is 5.69 Å². The standard InChI is InChI=1S/C21H30N4O/c1-4-24(20-10-11-20)15-18-6-8-19(9-7-18)21(26)22-12-5-13-25-17(3)14-16(2)23-25/h6-9,14,20H,4-5,10-13,15H2,1-3H3,(H,22,26). The van der Waals surface area contributed by atoms with Gasteiger partial charge < -0.3 is 5.32 Å². The van der Waals surface area contributed by atoms with E-state index in [1.54, 1.807) is 0 Å². The lowest BCUT2D eigenvalue weighted by molar-refractivity contribution is 0.0952. The molecule has 1 aliphatic rings. The number of hydrogen-bond acceptors (Lipinski definition) is 3. The molecule has 1 saturated carbocycles. The highest BCUT2D eigenvalue weighted by Crippen LogP contribution is 2.27. The maximum absolute atomic E-state index is 12.3. The molecule has 1 heterocycles. The molecule has 0 saturated heterocycles. The van der Waals surface area contributed by atoms with E-state index >= 15 is 0 Å². The highest BCUT2D eigenvalue weighted by molar-refractivity contribution is 5.94. The van der Waals surface area contributed by atoms with Crippen LogP contribution in [0.4, 0.5) is 0 Å². The quantitative estimate of drug-likeness (QED) is 0.703. The molecule has 1 fully saturated rings. The van der Waals surface area contributed by atoms with Crippen molar-refractivity contribution in [3.63, 3.8) is 0 Å². The molecule has 5 nitrogen and oxygen atoms in total. The zero-order chi connectivity index (χ0) is 18.5. The Balaban J connectivity index is 1.43. The van der Waals surface area contributed by atoms with E-state index in [1.807, 2.05) is 23.7 Å². The summed E-state index contributed by atoms with van der Waals surface area (Å²) in [4.78, 5) is 14.8. The van der Waals surface area contributed by atoms with Gasteiger partial charge >= 0.3 is 0 Å². The molecule has 5 heteroatoms. The summed E-state index contributed by atoms with van der Waals surface area (Å²) in [6.07, 6.45) is 3.52. The maximum Gasteiger partial charge on any atom is 0.251 e. The summed E-state index contributed by atoms with van der Waals surface area (Å²) < 4.78 is 2.00. The van der Waals surface area contributed by atoms with Crippen molar-refractivity contribution in [1.82, 2.24) is 20.0 Å². The molecule has 1 aliphatic carbocycles. The van der Waals surface area contributed by atoms with Crippen LogP contribution in [0.25, 0.3) is 0 Å². The molecule has 1 aromatic heterocycles. The summed E-state index contributed by atoms with van der Waals surface area (Å²) in [5.41, 5.74) is 4.21. The van der Waals surface area contributed by atoms with Crippen LogP contribution in [0.2, 0.25) is 0 Å². The number of carbonyl (C=O) groups excluding carboxylic acids is 1. The summed E-state index contributed by atoms with van der Waals surface area (Å²) in [5.74, 6) is -0.000502. The van der Waals surface area contributed by atoms with E-state index in [0.29, 0.717) is 6.54 Å². The van der Waals surface area contributed by atoms with E-state index in [1.165, 1.54) is 18.4 Å². The van der Waals surface area contributed by atoms with E-state index in [0.717, 1.165) is 49.0 Å². The molecule has 0 unspecified atom stereocenters. The Hall–Kier alpha value is -2.14. The highest BCUT2D eigenvalue weighted by atomic mass is 16.1. The van der Waals surface area contributed by atoms with Crippen LogP contribution < -0.4 is 5.32 Å². The van der Waals surface area contributed by atoms with Gasteiger partial charge in [-0.2, -0.15) is 5.10 Å². The zero-order valence-corrected chi connectivity index (χ0v) is 16.2. The molecule has 0 aliphatic heterocycles. The molecule has 140 valence electrons. The number of benzene rings is 1. The molecular formula is C21H30N4O. The Labute approximate surface area is 156 Å². The maximum atomic E-state index is 12.3. The zero-order valence-electron chi connectivity index (χ0n) is 16.2. The summed E-state index contributed by atoms with van der Waals surface area (Å²) in [5, 5.41) is 7.45. The molecule has 1 N–H and O–H groups in total. The van der Waals surface area contributed by atoms with Crippen LogP contribution in [-0.4, -0.2) is 39.7 Å². The Morgan fingerprint density at radius 3 is 2.58 bits per heavy atom. The molecule has 2 aromatic rings. The first-order chi connectivity index (χ1) is 12.6. The first-order valence-corrected chi connectivity index (χ1v) is 9.69. The van der Waals surface area contributed by atoms with Gasteiger partial charge in [0.25, 0.3) is 5.91 Å². The van der Waals surface area contributed by atoms with Crippen LogP contribution in [-0.2, 0) is 13.1 Å². The topological polar surface area (TPSA) is 50.2 Å². The van der Waals surface area contributed by atoms with E-state index in [4.69, 9.17) is 0 Å². The van der Waals surface area contributed by atoms with Crippen molar-refractivity contribution in [3.05, 3.63) is 52.8 Å². The van der Waals surface area contributed by atoms with Gasteiger partial charge in [-0.25, -0.2) is 0 Å². The van der Waals surface area contributed by atoms with E-state index in [2.05, 4.69) is 47.4 Å². The first kappa shape index (κ1) is 18.6. The van der Waals surface area contributed by atoms with Crippen molar-refractivity contribution >= 4 is 5.91 Å². The number of amides is 1. The minimum absolute atomic E-state index is 0.000502. The monoisotopic (exact) mass is 354 g/mol. The van der Waals surface area contributed by atoms with Crippen molar-refractivity contribution in [1.29, 1.82) is 0 Å². The molecular weight excluding hydrogens is 324 g/mol. The SMILES string of the molecule is CCN(Cc1ccc(C(=O)NCCCn2nc(C)cc2C)cc1)C1CC1. The molecule has 1 amide bonds. The Morgan fingerprint density at radius 1 is 1.27 bits per heavy atom. The minimum atomic E-state index is -0.000502. The fourth-order valence-electron chi connectivity index (χ4n) is 3.37. The normalized spacial score (nSPS) is 14.0. The summed E-state index contributed by atoms with van der Waals surface area (Å²) >= 11 is 0. The van der Waals surface area contributed by atoms with Crippen molar-refractivity contribution in [2.45, 2.75) is 59.2 Å². The van der Waals surface area contributed by atoms with Crippen LogP contribution >= 0.6 is 0 Å². The third-order valence-corrected chi connectivity index (χ3v) is 5.01. The average molecular weight is 354 g/mol. The van der Waals surface area contributed by atoms with Crippen LogP contribution in [0.3, 0.4) is 0 Å². The lowest BCUT2D eigenvalue weighted by Crippen LogP contribution is -2.26. The summed E-state index contributed by atoms with van der Waals surface area (Å²) in [7, 11) is 0. The molecule has 0 radical (unpaired) electrons. The number of aryl methyl sites for hydroxylation is 3. The number of hydrogen-bond donors (Lipinski definition) is 1. The number of nitrogens with one attached hydrogen (secondary N) is 1. The lowest BCUT2D eigenvalue weighted by atomic mass is 10.1. The third-order valence-electron chi connectivity index (χ3n) is 5.01. The van der Waals surface area contributed by atoms with Crippen LogP contribution in [0.5, 0.6) is 0 Å². The van der Waals surface area contributed by atoms with Gasteiger partial charge in [0.15, 0.2) is 0 Å². The third kappa shape index (κ3) is 4.94. The predicted molar refractivity (Wildman–Crippen MR) is 104 cm³/mol. The molecule has 26 heavy (non-hydrogen) atoms. The van der Waals surface area contributed by atoms with Crippen molar-refractivity contribution < 1.29 is 4.79 Å². The van der Waals surface area contributed by atoms with Crippen LogP contribution in [0.15, 0.2) is 30.3 Å². The fraction of sp³-hybridized carbons (Fsp3) is 0.524. The van der Waals surface area contributed by atoms with Gasteiger partial charge in [-0.1, -0.05) is 19.1 Å². The van der Waals surface area contributed by atoms with Gasteiger partial charge in [-0.15, -0.1) is 0 Å². The fourth-order valence-corrected chi connectivity index (χ4v) is 3.37. The van der Waals surface area contributed by atoms with E-state index < -0.39 is 0 Å². The van der Waals surface area contributed by atoms with Crippen LogP contribution in [0, 0.1) is 13.8 Å². The molecule has 0 spiro atoms. The van der Waals surface area contributed by atoms with Crippen molar-refractivity contribution in [2.24, 2.45) is 0 Å². The first-order valence-electron chi connectivity index (χ1n) is 9.69. The number of aromatic nitrogens is 2. The van der Waals surface area contributed by atoms with Gasteiger partial charge in [0.2, 0.25) is 0 Å².